The number of hydrogen-bond donors (Lipinski definition) is 2. The maximum atomic E-state index is 11.6. The highest BCUT2D eigenvalue weighted by atomic mass is 16.5. The van der Waals surface area contributed by atoms with Gasteiger partial charge in [-0.1, -0.05) is 0 Å². The Hall–Kier alpha value is -2.47. The van der Waals surface area contributed by atoms with Gasteiger partial charge < -0.3 is 24.5 Å². The molecule has 0 fully saturated rings. The number of nitrogens with one attached hydrogen (secondary N) is 1. The molecule has 0 saturated carbocycles. The van der Waals surface area contributed by atoms with Crippen LogP contribution in [0.15, 0.2) is 30.5 Å². The third-order valence-electron chi connectivity index (χ3n) is 3.77. The second kappa shape index (κ2) is 7.19. The SMILES string of the molecule is COC(=O)c1cc(CN[C@H](C)c2cc(OC)ccc2O)cn1C. The van der Waals surface area contributed by atoms with Gasteiger partial charge in [0.15, 0.2) is 0 Å². The average molecular weight is 318 g/mol. The van der Waals surface area contributed by atoms with Crippen molar-refractivity contribution >= 4 is 5.97 Å². The lowest BCUT2D eigenvalue weighted by Gasteiger charge is -2.16. The largest absolute Gasteiger partial charge is 0.508 e. The third kappa shape index (κ3) is 3.84. The highest BCUT2D eigenvalue weighted by molar-refractivity contribution is 5.87. The maximum absolute atomic E-state index is 11.6. The van der Waals surface area contributed by atoms with Crippen molar-refractivity contribution in [1.29, 1.82) is 0 Å². The minimum atomic E-state index is -0.364. The number of aromatic nitrogens is 1. The van der Waals surface area contributed by atoms with Crippen molar-refractivity contribution in [3.63, 3.8) is 0 Å². The monoisotopic (exact) mass is 318 g/mol. The molecule has 1 aromatic carbocycles. The number of aromatic hydroxyl groups is 1. The van der Waals surface area contributed by atoms with Gasteiger partial charge in [-0.05, 0) is 36.8 Å². The number of aryl methyl sites for hydroxylation is 1. The van der Waals surface area contributed by atoms with E-state index in [0.29, 0.717) is 18.0 Å². The molecule has 2 aromatic rings. The first-order chi connectivity index (χ1) is 11.0. The number of carbonyl (C=O) groups excluding carboxylic acids is 1. The van der Waals surface area contributed by atoms with E-state index in [1.165, 1.54) is 7.11 Å². The van der Waals surface area contributed by atoms with E-state index in [0.717, 1.165) is 11.1 Å². The second-order valence-corrected chi connectivity index (χ2v) is 5.36. The van der Waals surface area contributed by atoms with Crippen LogP contribution in [0.2, 0.25) is 0 Å². The molecule has 0 unspecified atom stereocenters. The molecule has 0 radical (unpaired) electrons. The lowest BCUT2D eigenvalue weighted by atomic mass is 10.1. The molecule has 124 valence electrons. The van der Waals surface area contributed by atoms with Gasteiger partial charge >= 0.3 is 5.97 Å². The smallest absolute Gasteiger partial charge is 0.354 e. The van der Waals surface area contributed by atoms with Crippen LogP contribution in [-0.2, 0) is 18.3 Å². The van der Waals surface area contributed by atoms with Crippen molar-refractivity contribution in [2.24, 2.45) is 7.05 Å². The summed E-state index contributed by atoms with van der Waals surface area (Å²) in [6.45, 7) is 2.52. The van der Waals surface area contributed by atoms with E-state index < -0.39 is 0 Å². The Bertz CT molecular complexity index is 694. The van der Waals surface area contributed by atoms with Crippen LogP contribution in [0.25, 0.3) is 0 Å². The van der Waals surface area contributed by atoms with Crippen LogP contribution in [-0.4, -0.2) is 29.9 Å². The van der Waals surface area contributed by atoms with Gasteiger partial charge in [-0.3, -0.25) is 0 Å². The number of phenols is 1. The second-order valence-electron chi connectivity index (χ2n) is 5.36. The first-order valence-electron chi connectivity index (χ1n) is 7.30. The predicted molar refractivity (Wildman–Crippen MR) is 86.7 cm³/mol. The Morgan fingerprint density at radius 3 is 2.74 bits per heavy atom. The number of esters is 1. The fourth-order valence-corrected chi connectivity index (χ4v) is 2.42. The quantitative estimate of drug-likeness (QED) is 0.800. The summed E-state index contributed by atoms with van der Waals surface area (Å²) in [5.41, 5.74) is 2.22. The summed E-state index contributed by atoms with van der Waals surface area (Å²) >= 11 is 0. The molecule has 0 bridgehead atoms. The number of phenolic OH excluding ortho intramolecular Hbond substituents is 1. The van der Waals surface area contributed by atoms with Crippen molar-refractivity contribution in [2.45, 2.75) is 19.5 Å². The molecule has 0 aliphatic heterocycles. The Morgan fingerprint density at radius 1 is 1.35 bits per heavy atom. The molecule has 6 heteroatoms. The summed E-state index contributed by atoms with van der Waals surface area (Å²) in [6, 6.07) is 6.84. The molecular weight excluding hydrogens is 296 g/mol. The molecule has 1 aromatic heterocycles. The predicted octanol–water partition coefficient (Wildman–Crippen LogP) is 2.38. The lowest BCUT2D eigenvalue weighted by Crippen LogP contribution is -2.18. The summed E-state index contributed by atoms with van der Waals surface area (Å²) in [5.74, 6) is 0.547. The number of benzene rings is 1. The molecule has 2 N–H and O–H groups in total. The van der Waals surface area contributed by atoms with Gasteiger partial charge in [-0.15, -0.1) is 0 Å². The van der Waals surface area contributed by atoms with Gasteiger partial charge in [0.25, 0.3) is 0 Å². The van der Waals surface area contributed by atoms with Crippen LogP contribution >= 0.6 is 0 Å². The van der Waals surface area contributed by atoms with Crippen LogP contribution in [0.1, 0.15) is 34.6 Å². The summed E-state index contributed by atoms with van der Waals surface area (Å²) in [6.07, 6.45) is 1.87. The Morgan fingerprint density at radius 2 is 2.09 bits per heavy atom. The number of methoxy groups -OCH3 is 2. The van der Waals surface area contributed by atoms with E-state index in [9.17, 15) is 9.90 Å². The van der Waals surface area contributed by atoms with Crippen molar-refractivity contribution in [1.82, 2.24) is 9.88 Å². The van der Waals surface area contributed by atoms with Gasteiger partial charge in [0.2, 0.25) is 0 Å². The van der Waals surface area contributed by atoms with E-state index in [4.69, 9.17) is 9.47 Å². The van der Waals surface area contributed by atoms with Crippen LogP contribution in [0.5, 0.6) is 11.5 Å². The zero-order valence-corrected chi connectivity index (χ0v) is 13.8. The van der Waals surface area contributed by atoms with E-state index in [-0.39, 0.29) is 17.8 Å². The van der Waals surface area contributed by atoms with E-state index in [1.54, 1.807) is 43.0 Å². The molecule has 2 rings (SSSR count). The van der Waals surface area contributed by atoms with Crippen molar-refractivity contribution in [2.75, 3.05) is 14.2 Å². The van der Waals surface area contributed by atoms with Crippen LogP contribution in [0.3, 0.4) is 0 Å². The zero-order chi connectivity index (χ0) is 17.0. The van der Waals surface area contributed by atoms with Crippen molar-refractivity contribution in [3.05, 3.63) is 47.3 Å². The van der Waals surface area contributed by atoms with Crippen LogP contribution in [0, 0.1) is 0 Å². The third-order valence-corrected chi connectivity index (χ3v) is 3.77. The molecule has 0 amide bonds. The summed E-state index contributed by atoms with van der Waals surface area (Å²) in [7, 11) is 4.75. The van der Waals surface area contributed by atoms with Gasteiger partial charge in [0.05, 0.1) is 14.2 Å². The van der Waals surface area contributed by atoms with Gasteiger partial charge in [-0.2, -0.15) is 0 Å². The van der Waals surface area contributed by atoms with E-state index >= 15 is 0 Å². The molecular formula is C17H22N2O4. The van der Waals surface area contributed by atoms with Crippen LogP contribution < -0.4 is 10.1 Å². The molecule has 6 nitrogen and oxygen atoms in total. The molecule has 0 aliphatic rings. The Balaban J connectivity index is 2.07. The van der Waals surface area contributed by atoms with Gasteiger partial charge in [-0.25, -0.2) is 4.79 Å². The summed E-state index contributed by atoms with van der Waals surface area (Å²) < 4.78 is 11.7. The molecule has 1 heterocycles. The normalized spacial score (nSPS) is 12.0. The minimum absolute atomic E-state index is 0.0770. The fourth-order valence-electron chi connectivity index (χ4n) is 2.42. The van der Waals surface area contributed by atoms with E-state index in [1.807, 2.05) is 13.1 Å². The zero-order valence-electron chi connectivity index (χ0n) is 13.8. The number of ether oxygens (including phenoxy) is 2. The molecule has 0 saturated heterocycles. The van der Waals surface area contributed by atoms with Gasteiger partial charge in [0.1, 0.15) is 17.2 Å². The molecule has 23 heavy (non-hydrogen) atoms. The Kier molecular flexibility index (Phi) is 5.28. The van der Waals surface area contributed by atoms with Crippen molar-refractivity contribution in [3.8, 4) is 11.5 Å². The number of nitrogens with zero attached hydrogens (tertiary/aromatic N) is 1. The molecule has 0 aliphatic carbocycles. The maximum Gasteiger partial charge on any atom is 0.354 e. The minimum Gasteiger partial charge on any atom is -0.508 e. The number of hydrogen-bond acceptors (Lipinski definition) is 5. The first-order valence-corrected chi connectivity index (χ1v) is 7.30. The van der Waals surface area contributed by atoms with Crippen LogP contribution in [0.4, 0.5) is 0 Å². The number of rotatable bonds is 6. The molecule has 1 atom stereocenters. The Labute approximate surface area is 135 Å². The summed E-state index contributed by atoms with van der Waals surface area (Å²) in [4.78, 5) is 11.6. The first kappa shape index (κ1) is 16.9. The highest BCUT2D eigenvalue weighted by Crippen LogP contribution is 2.28. The highest BCUT2D eigenvalue weighted by Gasteiger charge is 2.14. The topological polar surface area (TPSA) is 72.7 Å². The lowest BCUT2D eigenvalue weighted by molar-refractivity contribution is 0.0590. The number of carbonyl (C=O) groups is 1. The van der Waals surface area contributed by atoms with Crippen molar-refractivity contribution < 1.29 is 19.4 Å². The fraction of sp³-hybridized carbons (Fsp3) is 0.353. The standard InChI is InChI=1S/C17H22N2O4/c1-11(14-8-13(22-3)5-6-16(14)20)18-9-12-7-15(17(21)23-4)19(2)10-12/h5-8,10-11,18,20H,9H2,1-4H3/t11-/m1/s1. The van der Waals surface area contributed by atoms with E-state index in [2.05, 4.69) is 5.32 Å². The molecule has 0 spiro atoms. The average Bonchev–Trinajstić information content (AvgIpc) is 2.93. The summed E-state index contributed by atoms with van der Waals surface area (Å²) in [5, 5.41) is 13.3. The van der Waals surface area contributed by atoms with Gasteiger partial charge in [0, 0.05) is 31.4 Å².